The fraction of sp³-hybridized carbons (Fsp3) is 0.190. The third-order valence-electron chi connectivity index (χ3n) is 4.11. The van der Waals surface area contributed by atoms with E-state index in [-0.39, 0.29) is 5.91 Å². The van der Waals surface area contributed by atoms with E-state index in [4.69, 9.17) is 16.3 Å². The maximum absolute atomic E-state index is 12.6. The Balaban J connectivity index is 1.70. The molecule has 128 valence electrons. The van der Waals surface area contributed by atoms with E-state index in [1.54, 1.807) is 18.9 Å². The molecule has 0 heterocycles. The Morgan fingerprint density at radius 3 is 2.48 bits per heavy atom. The van der Waals surface area contributed by atoms with E-state index < -0.39 is 6.10 Å². The number of likely N-dealkylation sites (N-methyl/N-ethyl adjacent to an activating group) is 1. The zero-order valence-electron chi connectivity index (χ0n) is 14.3. The summed E-state index contributed by atoms with van der Waals surface area (Å²) in [5.74, 6) is 0.654. The van der Waals surface area contributed by atoms with Gasteiger partial charge in [0.2, 0.25) is 0 Å². The van der Waals surface area contributed by atoms with Crippen LogP contribution < -0.4 is 4.74 Å². The number of nitrogens with zero attached hydrogens (tertiary/aromatic N) is 1. The lowest BCUT2D eigenvalue weighted by molar-refractivity contribution is -0.137. The third kappa shape index (κ3) is 4.12. The summed E-state index contributed by atoms with van der Waals surface area (Å²) in [6.07, 6.45) is -0.567. The van der Waals surface area contributed by atoms with Gasteiger partial charge in [0.15, 0.2) is 6.10 Å². The smallest absolute Gasteiger partial charge is 0.263 e. The number of ether oxygens (including phenoxy) is 1. The molecular weight excluding hydrogens is 334 g/mol. The van der Waals surface area contributed by atoms with E-state index in [1.807, 2.05) is 66.7 Å². The van der Waals surface area contributed by atoms with Crippen molar-refractivity contribution in [2.45, 2.75) is 19.6 Å². The molecule has 0 aliphatic heterocycles. The molecule has 0 aliphatic carbocycles. The zero-order chi connectivity index (χ0) is 17.8. The number of carbonyl (C=O) groups excluding carboxylic acids is 1. The molecule has 3 aromatic carbocycles. The number of amides is 1. The molecule has 3 nitrogen and oxygen atoms in total. The Kier molecular flexibility index (Phi) is 5.25. The number of hydrogen-bond acceptors (Lipinski definition) is 2. The first-order valence-corrected chi connectivity index (χ1v) is 8.56. The monoisotopic (exact) mass is 353 g/mol. The average Bonchev–Trinajstić information content (AvgIpc) is 2.63. The lowest BCUT2D eigenvalue weighted by atomic mass is 10.1. The molecule has 0 aromatic heterocycles. The molecule has 0 N–H and O–H groups in total. The molecule has 0 spiro atoms. The minimum Gasteiger partial charge on any atom is -0.480 e. The van der Waals surface area contributed by atoms with Crippen LogP contribution in [0.5, 0.6) is 5.75 Å². The van der Waals surface area contributed by atoms with Crippen LogP contribution in [0.1, 0.15) is 12.5 Å². The van der Waals surface area contributed by atoms with E-state index >= 15 is 0 Å². The topological polar surface area (TPSA) is 29.5 Å². The van der Waals surface area contributed by atoms with E-state index in [9.17, 15) is 4.79 Å². The predicted octanol–water partition coefficient (Wildman–Crippen LogP) is 4.92. The van der Waals surface area contributed by atoms with Crippen LogP contribution in [0.2, 0.25) is 5.02 Å². The number of benzene rings is 3. The standard InChI is InChI=1S/C21H20ClNO2/c1-15(21(24)23(2)14-16-10-12-18(22)13-11-16)25-20-9-5-7-17-6-3-4-8-19(17)20/h3-13,15H,14H2,1-2H3/t15-/m1/s1. The molecule has 25 heavy (non-hydrogen) atoms. The molecule has 0 saturated carbocycles. The van der Waals surface area contributed by atoms with Crippen molar-refractivity contribution >= 4 is 28.3 Å². The summed E-state index contributed by atoms with van der Waals surface area (Å²) in [7, 11) is 1.78. The summed E-state index contributed by atoms with van der Waals surface area (Å²) < 4.78 is 5.96. The highest BCUT2D eigenvalue weighted by molar-refractivity contribution is 6.30. The van der Waals surface area contributed by atoms with Crippen molar-refractivity contribution in [3.63, 3.8) is 0 Å². The second-order valence-electron chi connectivity index (χ2n) is 6.06. The minimum atomic E-state index is -0.567. The second kappa shape index (κ2) is 7.58. The Hall–Kier alpha value is -2.52. The number of hydrogen-bond donors (Lipinski definition) is 0. The Labute approximate surface area is 152 Å². The first-order valence-electron chi connectivity index (χ1n) is 8.18. The van der Waals surface area contributed by atoms with Crippen molar-refractivity contribution in [2.24, 2.45) is 0 Å². The fourth-order valence-electron chi connectivity index (χ4n) is 2.79. The summed E-state index contributed by atoms with van der Waals surface area (Å²) >= 11 is 5.90. The maximum Gasteiger partial charge on any atom is 0.263 e. The van der Waals surface area contributed by atoms with Crippen molar-refractivity contribution < 1.29 is 9.53 Å². The van der Waals surface area contributed by atoms with Gasteiger partial charge < -0.3 is 9.64 Å². The van der Waals surface area contributed by atoms with Crippen molar-refractivity contribution in [1.29, 1.82) is 0 Å². The first-order chi connectivity index (χ1) is 12.0. The second-order valence-corrected chi connectivity index (χ2v) is 6.49. The maximum atomic E-state index is 12.6. The van der Waals surface area contributed by atoms with Crippen LogP contribution in [-0.4, -0.2) is 24.0 Å². The van der Waals surface area contributed by atoms with Crippen LogP contribution in [0.15, 0.2) is 66.7 Å². The van der Waals surface area contributed by atoms with Crippen molar-refractivity contribution in [3.05, 3.63) is 77.3 Å². The van der Waals surface area contributed by atoms with Gasteiger partial charge in [0, 0.05) is 24.0 Å². The van der Waals surface area contributed by atoms with Gasteiger partial charge in [-0.25, -0.2) is 0 Å². The van der Waals surface area contributed by atoms with Gasteiger partial charge in [-0.1, -0.05) is 60.1 Å². The minimum absolute atomic E-state index is 0.0668. The quantitative estimate of drug-likeness (QED) is 0.651. The SMILES string of the molecule is C[C@@H](Oc1cccc2ccccc12)C(=O)N(C)Cc1ccc(Cl)cc1. The van der Waals surface area contributed by atoms with Crippen molar-refractivity contribution in [1.82, 2.24) is 4.90 Å². The molecule has 0 radical (unpaired) electrons. The summed E-state index contributed by atoms with van der Waals surface area (Å²) in [4.78, 5) is 14.3. The van der Waals surface area contributed by atoms with Crippen LogP contribution in [0.3, 0.4) is 0 Å². The molecule has 3 aromatic rings. The van der Waals surface area contributed by atoms with Gasteiger partial charge in [0.25, 0.3) is 5.91 Å². The van der Waals surface area contributed by atoms with E-state index in [0.717, 1.165) is 22.1 Å². The van der Waals surface area contributed by atoms with Gasteiger partial charge >= 0.3 is 0 Å². The first kappa shape index (κ1) is 17.3. The molecule has 4 heteroatoms. The molecule has 1 amide bonds. The number of carbonyl (C=O) groups is 1. The molecule has 1 atom stereocenters. The fourth-order valence-corrected chi connectivity index (χ4v) is 2.92. The summed E-state index contributed by atoms with van der Waals surface area (Å²) in [5, 5.41) is 2.78. The van der Waals surface area contributed by atoms with Crippen LogP contribution in [0, 0.1) is 0 Å². The third-order valence-corrected chi connectivity index (χ3v) is 4.36. The van der Waals surface area contributed by atoms with Crippen LogP contribution >= 0.6 is 11.6 Å². The highest BCUT2D eigenvalue weighted by Crippen LogP contribution is 2.26. The van der Waals surface area contributed by atoms with Gasteiger partial charge in [0.1, 0.15) is 5.75 Å². The molecule has 0 unspecified atom stereocenters. The van der Waals surface area contributed by atoms with Crippen LogP contribution in [0.4, 0.5) is 0 Å². The Bertz CT molecular complexity index is 871. The summed E-state index contributed by atoms with van der Waals surface area (Å²) in [6.45, 7) is 2.29. The molecule has 0 saturated heterocycles. The normalized spacial score (nSPS) is 12.0. The Morgan fingerprint density at radius 1 is 1.04 bits per heavy atom. The van der Waals surface area contributed by atoms with E-state index in [1.165, 1.54) is 0 Å². The van der Waals surface area contributed by atoms with Crippen molar-refractivity contribution in [2.75, 3.05) is 7.05 Å². The van der Waals surface area contributed by atoms with Gasteiger partial charge in [-0.3, -0.25) is 4.79 Å². The van der Waals surface area contributed by atoms with Gasteiger partial charge in [-0.15, -0.1) is 0 Å². The Morgan fingerprint density at radius 2 is 1.72 bits per heavy atom. The van der Waals surface area contributed by atoms with E-state index in [2.05, 4.69) is 0 Å². The van der Waals surface area contributed by atoms with Crippen molar-refractivity contribution in [3.8, 4) is 5.75 Å². The zero-order valence-corrected chi connectivity index (χ0v) is 15.0. The molecule has 0 fully saturated rings. The van der Waals surface area contributed by atoms with Crippen LogP contribution in [0.25, 0.3) is 10.8 Å². The molecular formula is C21H20ClNO2. The van der Waals surface area contributed by atoms with Gasteiger partial charge in [-0.2, -0.15) is 0 Å². The largest absolute Gasteiger partial charge is 0.480 e. The van der Waals surface area contributed by atoms with Gasteiger partial charge in [-0.05, 0) is 36.1 Å². The van der Waals surface area contributed by atoms with Gasteiger partial charge in [0.05, 0.1) is 0 Å². The lowest BCUT2D eigenvalue weighted by Crippen LogP contribution is -2.37. The molecule has 0 bridgehead atoms. The highest BCUT2D eigenvalue weighted by atomic mass is 35.5. The van der Waals surface area contributed by atoms with Crippen LogP contribution in [-0.2, 0) is 11.3 Å². The lowest BCUT2D eigenvalue weighted by Gasteiger charge is -2.23. The number of rotatable bonds is 5. The number of fused-ring (bicyclic) bond motifs is 1. The summed E-state index contributed by atoms with van der Waals surface area (Å²) in [6, 6.07) is 21.3. The average molecular weight is 354 g/mol. The summed E-state index contributed by atoms with van der Waals surface area (Å²) in [5.41, 5.74) is 1.03. The highest BCUT2D eigenvalue weighted by Gasteiger charge is 2.20. The molecule has 3 rings (SSSR count). The molecule has 0 aliphatic rings. The predicted molar refractivity (Wildman–Crippen MR) is 102 cm³/mol. The van der Waals surface area contributed by atoms with E-state index in [0.29, 0.717) is 11.6 Å². The number of halogens is 1.